The van der Waals surface area contributed by atoms with E-state index in [0.717, 1.165) is 5.69 Å². The fraction of sp³-hybridized carbons (Fsp3) is 0.0909. The molecule has 0 aliphatic carbocycles. The van der Waals surface area contributed by atoms with Crippen molar-refractivity contribution in [2.75, 3.05) is 11.7 Å². The second kappa shape index (κ2) is 3.24. The Labute approximate surface area is 87.2 Å². The normalized spacial score (nSPS) is 14.5. The Hall–Kier alpha value is -2.10. The van der Waals surface area contributed by atoms with Crippen molar-refractivity contribution in [3.05, 3.63) is 42.5 Å². The highest BCUT2D eigenvalue weighted by atomic mass is 15.8. The summed E-state index contributed by atoms with van der Waals surface area (Å²) in [6.45, 7) is 0.563. The highest BCUT2D eigenvalue weighted by molar-refractivity contribution is 5.94. The maximum Gasteiger partial charge on any atom is 0.154 e. The molecule has 1 aliphatic rings. The molecule has 0 spiro atoms. The van der Waals surface area contributed by atoms with E-state index in [9.17, 15) is 0 Å². The summed E-state index contributed by atoms with van der Waals surface area (Å²) in [5, 5.41) is 12.0. The molecule has 2 aromatic rings. The van der Waals surface area contributed by atoms with Crippen LogP contribution in [0.3, 0.4) is 0 Å². The first-order valence-electron chi connectivity index (χ1n) is 4.82. The lowest BCUT2D eigenvalue weighted by Crippen LogP contribution is -2.29. The average Bonchev–Trinajstić information content (AvgIpc) is 2.82. The Kier molecular flexibility index (Phi) is 1.78. The van der Waals surface area contributed by atoms with E-state index >= 15 is 0 Å². The Morgan fingerprint density at radius 3 is 2.80 bits per heavy atom. The summed E-state index contributed by atoms with van der Waals surface area (Å²) in [7, 11) is 0. The summed E-state index contributed by atoms with van der Waals surface area (Å²) in [6.07, 6.45) is 0. The van der Waals surface area contributed by atoms with Gasteiger partial charge in [0.15, 0.2) is 6.67 Å². The second-order valence-electron chi connectivity index (χ2n) is 3.41. The van der Waals surface area contributed by atoms with Gasteiger partial charge in [-0.3, -0.25) is 0 Å². The summed E-state index contributed by atoms with van der Waals surface area (Å²) < 4.78 is 0. The first-order valence-corrected chi connectivity index (χ1v) is 4.82. The number of hydrogen-bond donors (Lipinski definition) is 1. The summed E-state index contributed by atoms with van der Waals surface area (Å²) >= 11 is 0. The van der Waals surface area contributed by atoms with Crippen molar-refractivity contribution < 1.29 is 0 Å². The molecule has 0 saturated heterocycles. The van der Waals surface area contributed by atoms with Crippen molar-refractivity contribution in [1.82, 2.24) is 5.53 Å². The van der Waals surface area contributed by atoms with Gasteiger partial charge in [-0.2, -0.15) is 5.53 Å². The number of hydrazine groups is 1. The molecule has 0 bridgehead atoms. The predicted octanol–water partition coefficient (Wildman–Crippen LogP) is 2.49. The summed E-state index contributed by atoms with van der Waals surface area (Å²) in [4.78, 5) is 0. The molecule has 74 valence electrons. The minimum absolute atomic E-state index is 0.563. The van der Waals surface area contributed by atoms with Crippen LogP contribution >= 0.6 is 0 Å². The van der Waals surface area contributed by atoms with Crippen molar-refractivity contribution in [2.24, 2.45) is 10.3 Å². The number of hydrogen-bond acceptors (Lipinski definition) is 4. The lowest BCUT2D eigenvalue weighted by molar-refractivity contribution is 0.752. The van der Waals surface area contributed by atoms with E-state index in [1.54, 1.807) is 0 Å². The molecular weight excluding hydrogens is 188 g/mol. The molecular formula is C11H10N4. The van der Waals surface area contributed by atoms with E-state index in [4.69, 9.17) is 0 Å². The van der Waals surface area contributed by atoms with E-state index in [2.05, 4.69) is 40.1 Å². The first-order chi connectivity index (χ1) is 7.45. The van der Waals surface area contributed by atoms with Gasteiger partial charge in [0.25, 0.3) is 0 Å². The minimum atomic E-state index is 0.563. The van der Waals surface area contributed by atoms with Crippen LogP contribution in [0.4, 0.5) is 5.69 Å². The van der Waals surface area contributed by atoms with E-state index in [0.29, 0.717) is 6.67 Å². The standard InChI is InChI=1S/C11H10N4/c1-2-6-10-9(4-1)5-3-7-11(10)15-8-12-13-14-15/h1-7H,8H2,(H,12,14). The molecule has 0 aromatic heterocycles. The van der Waals surface area contributed by atoms with Gasteiger partial charge in [-0.15, -0.1) is 5.11 Å². The first kappa shape index (κ1) is 8.23. The molecule has 4 heteroatoms. The van der Waals surface area contributed by atoms with E-state index in [1.807, 2.05) is 23.2 Å². The molecule has 2 aromatic carbocycles. The van der Waals surface area contributed by atoms with Crippen molar-refractivity contribution >= 4 is 16.5 Å². The fourth-order valence-electron chi connectivity index (χ4n) is 1.79. The zero-order chi connectivity index (χ0) is 10.1. The van der Waals surface area contributed by atoms with Crippen molar-refractivity contribution in [1.29, 1.82) is 0 Å². The summed E-state index contributed by atoms with van der Waals surface area (Å²) in [6, 6.07) is 14.5. The zero-order valence-corrected chi connectivity index (χ0v) is 8.09. The molecule has 0 amide bonds. The number of benzene rings is 2. The highest BCUT2D eigenvalue weighted by Gasteiger charge is 2.11. The number of anilines is 1. The van der Waals surface area contributed by atoms with Gasteiger partial charge in [0.05, 0.1) is 5.69 Å². The molecule has 0 unspecified atom stereocenters. The van der Waals surface area contributed by atoms with Gasteiger partial charge >= 0.3 is 0 Å². The van der Waals surface area contributed by atoms with Crippen LogP contribution < -0.4 is 10.5 Å². The quantitative estimate of drug-likeness (QED) is 0.764. The van der Waals surface area contributed by atoms with Gasteiger partial charge in [0, 0.05) is 5.39 Å². The molecule has 0 radical (unpaired) electrons. The molecule has 1 N–H and O–H groups in total. The number of nitrogens with one attached hydrogen (secondary N) is 1. The maximum atomic E-state index is 3.89. The zero-order valence-electron chi connectivity index (χ0n) is 8.09. The van der Waals surface area contributed by atoms with Crippen LogP contribution in [0.25, 0.3) is 10.8 Å². The van der Waals surface area contributed by atoms with Crippen molar-refractivity contribution in [2.45, 2.75) is 0 Å². The monoisotopic (exact) mass is 198 g/mol. The summed E-state index contributed by atoms with van der Waals surface area (Å²) in [5.74, 6) is 0. The lowest BCUT2D eigenvalue weighted by Gasteiger charge is -2.17. The smallest absolute Gasteiger partial charge is 0.154 e. The van der Waals surface area contributed by atoms with Crippen LogP contribution in [0.15, 0.2) is 52.8 Å². The van der Waals surface area contributed by atoms with Gasteiger partial charge in [0.2, 0.25) is 0 Å². The van der Waals surface area contributed by atoms with E-state index in [1.165, 1.54) is 10.8 Å². The van der Waals surface area contributed by atoms with Crippen LogP contribution in [0.1, 0.15) is 0 Å². The number of fused-ring (bicyclic) bond motifs is 1. The van der Waals surface area contributed by atoms with E-state index in [-0.39, 0.29) is 0 Å². The number of rotatable bonds is 1. The van der Waals surface area contributed by atoms with Crippen molar-refractivity contribution in [3.8, 4) is 0 Å². The Balaban J connectivity index is 2.17. The summed E-state index contributed by atoms with van der Waals surface area (Å²) in [5.41, 5.74) is 3.97. The molecule has 4 nitrogen and oxygen atoms in total. The highest BCUT2D eigenvalue weighted by Crippen LogP contribution is 2.26. The topological polar surface area (TPSA) is 40.0 Å². The lowest BCUT2D eigenvalue weighted by atomic mass is 10.1. The van der Waals surface area contributed by atoms with Gasteiger partial charge in [0.1, 0.15) is 0 Å². The Bertz CT molecular complexity index is 507. The third kappa shape index (κ3) is 1.30. The largest absolute Gasteiger partial charge is 0.247 e. The minimum Gasteiger partial charge on any atom is -0.247 e. The molecule has 0 saturated carbocycles. The second-order valence-corrected chi connectivity index (χ2v) is 3.41. The van der Waals surface area contributed by atoms with Crippen LogP contribution in [-0.4, -0.2) is 6.67 Å². The molecule has 1 aliphatic heterocycles. The van der Waals surface area contributed by atoms with Crippen LogP contribution in [0, 0.1) is 0 Å². The van der Waals surface area contributed by atoms with Gasteiger partial charge < -0.3 is 0 Å². The molecule has 0 atom stereocenters. The molecule has 0 fully saturated rings. The Morgan fingerprint density at radius 1 is 1.07 bits per heavy atom. The third-order valence-electron chi connectivity index (χ3n) is 2.50. The maximum absolute atomic E-state index is 3.89. The van der Waals surface area contributed by atoms with Gasteiger partial charge in [-0.25, -0.2) is 5.01 Å². The molecule has 15 heavy (non-hydrogen) atoms. The van der Waals surface area contributed by atoms with E-state index < -0.39 is 0 Å². The third-order valence-corrected chi connectivity index (χ3v) is 2.50. The van der Waals surface area contributed by atoms with Crippen LogP contribution in [0.5, 0.6) is 0 Å². The SMILES string of the molecule is c1ccc2c(N3CN=NN3)cccc2c1. The fourth-order valence-corrected chi connectivity index (χ4v) is 1.79. The number of nitrogens with zero attached hydrogens (tertiary/aromatic N) is 3. The predicted molar refractivity (Wildman–Crippen MR) is 59.3 cm³/mol. The Morgan fingerprint density at radius 2 is 1.93 bits per heavy atom. The van der Waals surface area contributed by atoms with Crippen LogP contribution in [-0.2, 0) is 0 Å². The molecule has 1 heterocycles. The van der Waals surface area contributed by atoms with Crippen molar-refractivity contribution in [3.63, 3.8) is 0 Å². The molecule has 3 rings (SSSR count). The van der Waals surface area contributed by atoms with Gasteiger partial charge in [-0.1, -0.05) is 41.6 Å². The van der Waals surface area contributed by atoms with Gasteiger partial charge in [-0.05, 0) is 11.5 Å². The van der Waals surface area contributed by atoms with Crippen LogP contribution in [0.2, 0.25) is 0 Å². The average molecular weight is 198 g/mol.